The van der Waals surface area contributed by atoms with Gasteiger partial charge in [0, 0.05) is 12.1 Å². The lowest BCUT2D eigenvalue weighted by Crippen LogP contribution is -2.07. The van der Waals surface area contributed by atoms with Gasteiger partial charge in [0.2, 0.25) is 0 Å². The molecule has 0 atom stereocenters. The molecule has 0 aliphatic rings. The second-order valence-corrected chi connectivity index (χ2v) is 6.01. The highest BCUT2D eigenvalue weighted by atomic mass is 16.5. The van der Waals surface area contributed by atoms with E-state index in [1.54, 1.807) is 32.4 Å². The van der Waals surface area contributed by atoms with Gasteiger partial charge in [0.1, 0.15) is 0 Å². The number of carbonyl (C=O) groups excluding carboxylic acids is 1. The third-order valence-electron chi connectivity index (χ3n) is 3.77. The SMILES string of the molecule is COc1cc(CN)c(C(=O)/C=C\CCCCC(C)C)cc1OC. The van der Waals surface area contributed by atoms with E-state index in [1.165, 1.54) is 12.8 Å². The lowest BCUT2D eigenvalue weighted by molar-refractivity contribution is 0.104. The van der Waals surface area contributed by atoms with Gasteiger partial charge in [0.05, 0.1) is 14.2 Å². The number of ether oxygens (including phenoxy) is 2. The molecule has 0 unspecified atom stereocenters. The van der Waals surface area contributed by atoms with Gasteiger partial charge in [0.15, 0.2) is 17.3 Å². The Kier molecular flexibility index (Phi) is 8.41. The maximum atomic E-state index is 12.4. The quantitative estimate of drug-likeness (QED) is 0.400. The summed E-state index contributed by atoms with van der Waals surface area (Å²) in [6.07, 6.45) is 8.03. The average molecular weight is 319 g/mol. The van der Waals surface area contributed by atoms with Crippen LogP contribution in [0.1, 0.15) is 55.5 Å². The van der Waals surface area contributed by atoms with Crippen molar-refractivity contribution >= 4 is 5.78 Å². The monoisotopic (exact) mass is 319 g/mol. The number of unbranched alkanes of at least 4 members (excludes halogenated alkanes) is 2. The first kappa shape index (κ1) is 19.2. The lowest BCUT2D eigenvalue weighted by Gasteiger charge is -2.12. The summed E-state index contributed by atoms with van der Waals surface area (Å²) in [7, 11) is 3.12. The van der Waals surface area contributed by atoms with Gasteiger partial charge >= 0.3 is 0 Å². The molecule has 1 aromatic rings. The maximum Gasteiger partial charge on any atom is 0.185 e. The fourth-order valence-corrected chi connectivity index (χ4v) is 2.41. The number of allylic oxidation sites excluding steroid dienone is 2. The van der Waals surface area contributed by atoms with E-state index in [0.717, 1.165) is 24.3 Å². The molecule has 0 aromatic heterocycles. The van der Waals surface area contributed by atoms with E-state index in [9.17, 15) is 4.79 Å². The molecule has 0 bridgehead atoms. The third-order valence-corrected chi connectivity index (χ3v) is 3.77. The molecule has 0 aliphatic heterocycles. The Bertz CT molecular complexity index is 536. The van der Waals surface area contributed by atoms with Crippen LogP contribution in [0.5, 0.6) is 11.5 Å². The van der Waals surface area contributed by atoms with Gasteiger partial charge in [-0.25, -0.2) is 0 Å². The normalized spacial score (nSPS) is 11.2. The van der Waals surface area contributed by atoms with Gasteiger partial charge in [-0.1, -0.05) is 32.8 Å². The van der Waals surface area contributed by atoms with Crippen LogP contribution in [0.3, 0.4) is 0 Å². The topological polar surface area (TPSA) is 61.5 Å². The van der Waals surface area contributed by atoms with Gasteiger partial charge in [-0.15, -0.1) is 0 Å². The molecule has 128 valence electrons. The van der Waals surface area contributed by atoms with Crippen LogP contribution in [-0.2, 0) is 6.54 Å². The van der Waals surface area contributed by atoms with Crippen LogP contribution in [0.2, 0.25) is 0 Å². The predicted octanol–water partition coefficient (Wildman–Crippen LogP) is 4.12. The zero-order chi connectivity index (χ0) is 17.2. The first-order valence-corrected chi connectivity index (χ1v) is 8.19. The maximum absolute atomic E-state index is 12.4. The van der Waals surface area contributed by atoms with Crippen LogP contribution in [-0.4, -0.2) is 20.0 Å². The zero-order valence-electron chi connectivity index (χ0n) is 14.7. The summed E-state index contributed by atoms with van der Waals surface area (Å²) in [5.74, 6) is 1.82. The third kappa shape index (κ3) is 6.06. The minimum Gasteiger partial charge on any atom is -0.493 e. The Morgan fingerprint density at radius 3 is 2.39 bits per heavy atom. The molecular weight excluding hydrogens is 290 g/mol. The summed E-state index contributed by atoms with van der Waals surface area (Å²) in [6.45, 7) is 4.74. The highest BCUT2D eigenvalue weighted by Gasteiger charge is 2.14. The largest absolute Gasteiger partial charge is 0.493 e. The van der Waals surface area contributed by atoms with E-state index in [4.69, 9.17) is 15.2 Å². The van der Waals surface area contributed by atoms with Crippen LogP contribution < -0.4 is 15.2 Å². The van der Waals surface area contributed by atoms with Gasteiger partial charge in [-0.3, -0.25) is 4.79 Å². The van der Waals surface area contributed by atoms with E-state index in [1.807, 2.05) is 6.08 Å². The van der Waals surface area contributed by atoms with Crippen molar-refractivity contribution in [1.82, 2.24) is 0 Å². The number of ketones is 1. The molecule has 0 heterocycles. The molecule has 0 aliphatic carbocycles. The standard InChI is InChI=1S/C19H29NO3/c1-14(2)9-7-5-6-8-10-17(21)16-12-19(23-4)18(22-3)11-15(16)13-20/h8,10-12,14H,5-7,9,13,20H2,1-4H3/b10-8-. The van der Waals surface area contributed by atoms with E-state index in [2.05, 4.69) is 13.8 Å². The number of nitrogens with two attached hydrogens (primary N) is 1. The molecule has 2 N–H and O–H groups in total. The predicted molar refractivity (Wildman–Crippen MR) is 94.2 cm³/mol. The highest BCUT2D eigenvalue weighted by molar-refractivity contribution is 6.06. The van der Waals surface area contributed by atoms with Crippen LogP contribution >= 0.6 is 0 Å². The average Bonchev–Trinajstić information content (AvgIpc) is 2.55. The van der Waals surface area contributed by atoms with Gasteiger partial charge in [0.25, 0.3) is 0 Å². The van der Waals surface area contributed by atoms with Crippen molar-refractivity contribution in [3.05, 3.63) is 35.4 Å². The molecular formula is C19H29NO3. The molecule has 0 spiro atoms. The molecule has 0 radical (unpaired) electrons. The summed E-state index contributed by atoms with van der Waals surface area (Å²) in [5, 5.41) is 0. The molecule has 0 saturated carbocycles. The molecule has 23 heavy (non-hydrogen) atoms. The molecule has 4 nitrogen and oxygen atoms in total. The summed E-state index contributed by atoms with van der Waals surface area (Å²) in [6, 6.07) is 3.47. The van der Waals surface area contributed by atoms with Gasteiger partial charge < -0.3 is 15.2 Å². The van der Waals surface area contributed by atoms with Crippen LogP contribution in [0.25, 0.3) is 0 Å². The number of hydrogen-bond acceptors (Lipinski definition) is 4. The van der Waals surface area contributed by atoms with Crippen molar-refractivity contribution in [3.8, 4) is 11.5 Å². The molecule has 0 saturated heterocycles. The van der Waals surface area contributed by atoms with E-state index in [-0.39, 0.29) is 12.3 Å². The Balaban J connectivity index is 2.74. The van der Waals surface area contributed by atoms with E-state index < -0.39 is 0 Å². The number of benzene rings is 1. The number of hydrogen-bond donors (Lipinski definition) is 1. The first-order valence-electron chi connectivity index (χ1n) is 8.19. The van der Waals surface area contributed by atoms with Crippen LogP contribution in [0.15, 0.2) is 24.3 Å². The number of methoxy groups -OCH3 is 2. The summed E-state index contributed by atoms with van der Waals surface area (Å²) >= 11 is 0. The molecule has 0 fully saturated rings. The molecule has 4 heteroatoms. The van der Waals surface area contributed by atoms with Crippen molar-refractivity contribution in [3.63, 3.8) is 0 Å². The smallest absolute Gasteiger partial charge is 0.185 e. The van der Waals surface area contributed by atoms with Crippen molar-refractivity contribution < 1.29 is 14.3 Å². The summed E-state index contributed by atoms with van der Waals surface area (Å²) in [5.41, 5.74) is 7.09. The van der Waals surface area contributed by atoms with Crippen molar-refractivity contribution in [2.75, 3.05) is 14.2 Å². The minimum atomic E-state index is -0.0461. The Labute approximate surface area is 139 Å². The number of rotatable bonds is 10. The first-order chi connectivity index (χ1) is 11.0. The van der Waals surface area contributed by atoms with E-state index >= 15 is 0 Å². The summed E-state index contributed by atoms with van der Waals surface area (Å²) in [4.78, 5) is 12.4. The van der Waals surface area contributed by atoms with Crippen LogP contribution in [0.4, 0.5) is 0 Å². The van der Waals surface area contributed by atoms with Crippen molar-refractivity contribution in [2.45, 2.75) is 46.1 Å². The minimum absolute atomic E-state index is 0.0461. The fourth-order valence-electron chi connectivity index (χ4n) is 2.41. The van der Waals surface area contributed by atoms with Gasteiger partial charge in [-0.2, -0.15) is 0 Å². The second kappa shape index (κ2) is 10.1. The summed E-state index contributed by atoms with van der Waals surface area (Å²) < 4.78 is 10.5. The highest BCUT2D eigenvalue weighted by Crippen LogP contribution is 2.30. The zero-order valence-corrected chi connectivity index (χ0v) is 14.7. The van der Waals surface area contributed by atoms with Crippen molar-refractivity contribution in [1.29, 1.82) is 0 Å². The molecule has 0 amide bonds. The Morgan fingerprint density at radius 1 is 1.17 bits per heavy atom. The van der Waals surface area contributed by atoms with Gasteiger partial charge in [-0.05, 0) is 42.5 Å². The van der Waals surface area contributed by atoms with E-state index in [0.29, 0.717) is 17.1 Å². The second-order valence-electron chi connectivity index (χ2n) is 6.01. The number of carbonyl (C=O) groups is 1. The van der Waals surface area contributed by atoms with Crippen molar-refractivity contribution in [2.24, 2.45) is 11.7 Å². The molecule has 1 rings (SSSR count). The Hall–Kier alpha value is -1.81. The fraction of sp³-hybridized carbons (Fsp3) is 0.526. The van der Waals surface area contributed by atoms with Crippen LogP contribution in [0, 0.1) is 5.92 Å². The molecule has 1 aromatic carbocycles. The lowest BCUT2D eigenvalue weighted by atomic mass is 10.0. The Morgan fingerprint density at radius 2 is 1.83 bits per heavy atom.